The largest absolute Gasteiger partial charge is 0.359 e. The van der Waals surface area contributed by atoms with Crippen LogP contribution in [0.2, 0.25) is 0 Å². The summed E-state index contributed by atoms with van der Waals surface area (Å²) in [4.78, 5) is 4.76. The Hall–Kier alpha value is -1.87. The molecule has 0 amide bonds. The van der Waals surface area contributed by atoms with Gasteiger partial charge in [-0.25, -0.2) is 4.98 Å². The van der Waals surface area contributed by atoms with Crippen LogP contribution in [0.5, 0.6) is 0 Å². The average Bonchev–Trinajstić information content (AvgIpc) is 2.98. The number of fused-ring (bicyclic) bond motifs is 1. The monoisotopic (exact) mass is 322 g/mol. The maximum atomic E-state index is 4.76. The number of nitrogens with one attached hydrogen (secondary N) is 1. The van der Waals surface area contributed by atoms with Crippen molar-refractivity contribution in [3.8, 4) is 0 Å². The summed E-state index contributed by atoms with van der Waals surface area (Å²) < 4.78 is 1.29. The molecule has 0 saturated heterocycles. The fourth-order valence-electron chi connectivity index (χ4n) is 3.39. The van der Waals surface area contributed by atoms with Gasteiger partial charge in [-0.1, -0.05) is 67.0 Å². The third-order valence-electron chi connectivity index (χ3n) is 4.64. The molecule has 0 spiro atoms. The number of nitrogens with zero attached hydrogens (tertiary/aromatic N) is 1. The predicted molar refractivity (Wildman–Crippen MR) is 99.4 cm³/mol. The molecule has 1 saturated carbocycles. The maximum Gasteiger partial charge on any atom is 0.184 e. The standard InChI is InChI=1S/C20H22N2S/c1-3-7-15(8-4-1)13-16-11-12-18-19(14-16)23-20(22-18)21-17-9-5-2-6-10-17/h1,3-4,7-8,11-12,14,17H,2,5-6,9-10,13H2,(H,21,22). The summed E-state index contributed by atoms with van der Waals surface area (Å²) in [7, 11) is 0. The van der Waals surface area contributed by atoms with Crippen LogP contribution in [-0.4, -0.2) is 11.0 Å². The minimum Gasteiger partial charge on any atom is -0.359 e. The van der Waals surface area contributed by atoms with Crippen LogP contribution in [0.25, 0.3) is 10.2 Å². The van der Waals surface area contributed by atoms with Gasteiger partial charge in [0.15, 0.2) is 5.13 Å². The Morgan fingerprint density at radius 3 is 2.61 bits per heavy atom. The number of anilines is 1. The van der Waals surface area contributed by atoms with Crippen LogP contribution >= 0.6 is 11.3 Å². The normalized spacial score (nSPS) is 15.8. The molecule has 2 aromatic carbocycles. The van der Waals surface area contributed by atoms with E-state index in [4.69, 9.17) is 4.98 Å². The summed E-state index contributed by atoms with van der Waals surface area (Å²) in [6, 6.07) is 17.9. The summed E-state index contributed by atoms with van der Waals surface area (Å²) in [6.07, 6.45) is 7.65. The van der Waals surface area contributed by atoms with Gasteiger partial charge < -0.3 is 5.32 Å². The first kappa shape index (κ1) is 14.7. The number of benzene rings is 2. The lowest BCUT2D eigenvalue weighted by atomic mass is 9.96. The van der Waals surface area contributed by atoms with Crippen molar-refractivity contribution in [1.82, 2.24) is 4.98 Å². The topological polar surface area (TPSA) is 24.9 Å². The zero-order chi connectivity index (χ0) is 15.5. The second kappa shape index (κ2) is 6.71. The van der Waals surface area contributed by atoms with Gasteiger partial charge in [0.1, 0.15) is 0 Å². The Labute approximate surface area is 141 Å². The van der Waals surface area contributed by atoms with Crippen molar-refractivity contribution >= 4 is 26.7 Å². The van der Waals surface area contributed by atoms with Gasteiger partial charge in [-0.2, -0.15) is 0 Å². The van der Waals surface area contributed by atoms with Crippen molar-refractivity contribution in [2.75, 3.05) is 5.32 Å². The van der Waals surface area contributed by atoms with E-state index in [9.17, 15) is 0 Å². The molecule has 1 heterocycles. The average molecular weight is 322 g/mol. The van der Waals surface area contributed by atoms with Crippen molar-refractivity contribution in [3.63, 3.8) is 0 Å². The highest BCUT2D eigenvalue weighted by molar-refractivity contribution is 7.22. The summed E-state index contributed by atoms with van der Waals surface area (Å²) in [5.41, 5.74) is 3.83. The highest BCUT2D eigenvalue weighted by Crippen LogP contribution is 2.30. The van der Waals surface area contributed by atoms with E-state index in [0.29, 0.717) is 6.04 Å². The summed E-state index contributed by atoms with van der Waals surface area (Å²) in [5, 5.41) is 4.73. The zero-order valence-corrected chi connectivity index (χ0v) is 14.1. The first-order valence-electron chi connectivity index (χ1n) is 8.57. The molecule has 0 radical (unpaired) electrons. The number of aromatic nitrogens is 1. The van der Waals surface area contributed by atoms with Gasteiger partial charge >= 0.3 is 0 Å². The number of hydrogen-bond donors (Lipinski definition) is 1. The van der Waals surface area contributed by atoms with E-state index in [1.54, 1.807) is 11.3 Å². The molecule has 0 bridgehead atoms. The second-order valence-electron chi connectivity index (χ2n) is 6.46. The Kier molecular flexibility index (Phi) is 4.29. The number of rotatable bonds is 4. The number of thiazole rings is 1. The van der Waals surface area contributed by atoms with Crippen LogP contribution in [0, 0.1) is 0 Å². The molecule has 0 atom stereocenters. The molecule has 23 heavy (non-hydrogen) atoms. The Balaban J connectivity index is 1.52. The molecule has 1 fully saturated rings. The Morgan fingerprint density at radius 2 is 1.78 bits per heavy atom. The molecule has 2 nitrogen and oxygen atoms in total. The molecule has 3 heteroatoms. The van der Waals surface area contributed by atoms with Gasteiger partial charge in [0.05, 0.1) is 10.2 Å². The van der Waals surface area contributed by atoms with E-state index >= 15 is 0 Å². The summed E-state index contributed by atoms with van der Waals surface area (Å²) in [6.45, 7) is 0. The van der Waals surface area contributed by atoms with Gasteiger partial charge in [0.2, 0.25) is 0 Å². The van der Waals surface area contributed by atoms with E-state index in [2.05, 4.69) is 53.8 Å². The van der Waals surface area contributed by atoms with Crippen molar-refractivity contribution in [2.24, 2.45) is 0 Å². The van der Waals surface area contributed by atoms with Crippen LogP contribution in [0.15, 0.2) is 48.5 Å². The molecule has 1 aliphatic carbocycles. The minimum absolute atomic E-state index is 0.619. The molecule has 1 aliphatic rings. The smallest absolute Gasteiger partial charge is 0.184 e. The molecule has 0 aliphatic heterocycles. The van der Waals surface area contributed by atoms with E-state index in [1.165, 1.54) is 47.9 Å². The van der Waals surface area contributed by atoms with Gasteiger partial charge in [-0.15, -0.1) is 0 Å². The molecular weight excluding hydrogens is 300 g/mol. The van der Waals surface area contributed by atoms with Crippen LogP contribution < -0.4 is 5.32 Å². The molecular formula is C20H22N2S. The fraction of sp³-hybridized carbons (Fsp3) is 0.350. The first-order valence-corrected chi connectivity index (χ1v) is 9.38. The third kappa shape index (κ3) is 3.56. The Bertz CT molecular complexity index is 773. The molecule has 4 rings (SSSR count). The fourth-order valence-corrected chi connectivity index (χ4v) is 4.40. The van der Waals surface area contributed by atoms with E-state index in [-0.39, 0.29) is 0 Å². The summed E-state index contributed by atoms with van der Waals surface area (Å²) in [5.74, 6) is 0. The van der Waals surface area contributed by atoms with Crippen molar-refractivity contribution in [1.29, 1.82) is 0 Å². The third-order valence-corrected chi connectivity index (χ3v) is 5.59. The van der Waals surface area contributed by atoms with Crippen LogP contribution in [-0.2, 0) is 6.42 Å². The van der Waals surface area contributed by atoms with E-state index in [1.807, 2.05) is 0 Å². The Morgan fingerprint density at radius 1 is 0.957 bits per heavy atom. The van der Waals surface area contributed by atoms with Gasteiger partial charge in [-0.3, -0.25) is 0 Å². The molecule has 118 valence electrons. The SMILES string of the molecule is c1ccc(Cc2ccc3nc(NC4CCCCC4)sc3c2)cc1. The van der Waals surface area contributed by atoms with Crippen LogP contribution in [0.4, 0.5) is 5.13 Å². The van der Waals surface area contributed by atoms with Crippen molar-refractivity contribution in [3.05, 3.63) is 59.7 Å². The van der Waals surface area contributed by atoms with Crippen LogP contribution in [0.3, 0.4) is 0 Å². The lowest BCUT2D eigenvalue weighted by molar-refractivity contribution is 0.462. The second-order valence-corrected chi connectivity index (χ2v) is 7.49. The van der Waals surface area contributed by atoms with Crippen LogP contribution in [0.1, 0.15) is 43.2 Å². The lowest BCUT2D eigenvalue weighted by Gasteiger charge is -2.22. The van der Waals surface area contributed by atoms with Crippen molar-refractivity contribution < 1.29 is 0 Å². The molecule has 1 aromatic heterocycles. The lowest BCUT2D eigenvalue weighted by Crippen LogP contribution is -2.21. The molecule has 1 N–H and O–H groups in total. The highest BCUT2D eigenvalue weighted by atomic mass is 32.1. The summed E-state index contributed by atoms with van der Waals surface area (Å²) >= 11 is 1.79. The molecule has 0 unspecified atom stereocenters. The quantitative estimate of drug-likeness (QED) is 0.673. The molecule has 3 aromatic rings. The zero-order valence-electron chi connectivity index (χ0n) is 13.3. The van der Waals surface area contributed by atoms with Gasteiger partial charge in [-0.05, 0) is 42.5 Å². The first-order chi connectivity index (χ1) is 11.4. The predicted octanol–water partition coefficient (Wildman–Crippen LogP) is 5.63. The van der Waals surface area contributed by atoms with E-state index < -0.39 is 0 Å². The highest BCUT2D eigenvalue weighted by Gasteiger charge is 2.15. The van der Waals surface area contributed by atoms with Gasteiger partial charge in [0, 0.05) is 6.04 Å². The van der Waals surface area contributed by atoms with Crippen molar-refractivity contribution in [2.45, 2.75) is 44.6 Å². The maximum absolute atomic E-state index is 4.76. The number of hydrogen-bond acceptors (Lipinski definition) is 3. The van der Waals surface area contributed by atoms with Gasteiger partial charge in [0.25, 0.3) is 0 Å². The minimum atomic E-state index is 0.619. The van der Waals surface area contributed by atoms with E-state index in [0.717, 1.165) is 17.1 Å².